The zero-order valence-corrected chi connectivity index (χ0v) is 11.4. The van der Waals surface area contributed by atoms with E-state index in [0.717, 1.165) is 0 Å². The lowest BCUT2D eigenvalue weighted by Crippen LogP contribution is -2.35. The third-order valence-electron chi connectivity index (χ3n) is 4.11. The topological polar surface area (TPSA) is 26.0 Å². The van der Waals surface area contributed by atoms with Crippen LogP contribution in [0, 0.1) is 18.3 Å². The number of nitrogens with two attached hydrogens (primary N) is 1. The van der Waals surface area contributed by atoms with E-state index < -0.39 is 0 Å². The lowest BCUT2D eigenvalue weighted by Gasteiger charge is -2.41. The van der Waals surface area contributed by atoms with Crippen molar-refractivity contribution >= 4 is 11.3 Å². The Bertz CT molecular complexity index is 353. The number of thiophene rings is 1. The second-order valence-electron chi connectivity index (χ2n) is 5.82. The summed E-state index contributed by atoms with van der Waals surface area (Å²) in [7, 11) is 0. The van der Waals surface area contributed by atoms with Crippen molar-refractivity contribution in [3.05, 3.63) is 21.9 Å². The van der Waals surface area contributed by atoms with Crippen LogP contribution in [0.1, 0.15) is 55.3 Å². The molecule has 2 N–H and O–H groups in total. The summed E-state index contributed by atoms with van der Waals surface area (Å²) in [6.45, 7) is 6.93. The molecule has 0 bridgehead atoms. The van der Waals surface area contributed by atoms with Crippen LogP contribution in [-0.2, 0) is 0 Å². The fourth-order valence-corrected chi connectivity index (χ4v) is 3.96. The van der Waals surface area contributed by atoms with Gasteiger partial charge in [0, 0.05) is 15.8 Å². The highest BCUT2D eigenvalue weighted by Crippen LogP contribution is 2.46. The van der Waals surface area contributed by atoms with Crippen molar-refractivity contribution < 1.29 is 0 Å². The predicted molar refractivity (Wildman–Crippen MR) is 71.7 cm³/mol. The highest BCUT2D eigenvalue weighted by atomic mass is 32.1. The van der Waals surface area contributed by atoms with Crippen LogP contribution in [0.3, 0.4) is 0 Å². The van der Waals surface area contributed by atoms with Crippen LogP contribution >= 0.6 is 11.3 Å². The molecule has 0 saturated heterocycles. The number of rotatable bonds is 2. The first-order valence-corrected chi connectivity index (χ1v) is 7.14. The van der Waals surface area contributed by atoms with Gasteiger partial charge in [-0.25, -0.2) is 0 Å². The molecule has 1 fully saturated rings. The molecule has 0 aromatic carbocycles. The molecule has 0 aliphatic heterocycles. The number of hydrogen-bond donors (Lipinski definition) is 1. The highest BCUT2D eigenvalue weighted by molar-refractivity contribution is 7.12. The molecule has 0 radical (unpaired) electrons. The van der Waals surface area contributed by atoms with Crippen molar-refractivity contribution in [3.63, 3.8) is 0 Å². The molecule has 2 heteroatoms. The van der Waals surface area contributed by atoms with E-state index in [9.17, 15) is 0 Å². The SMILES string of the molecule is Cc1ccc(C(N)C2CCCCC2(C)C)s1. The zero-order valence-electron chi connectivity index (χ0n) is 10.6. The smallest absolute Gasteiger partial charge is 0.0423 e. The Morgan fingerprint density at radius 3 is 2.69 bits per heavy atom. The first-order chi connectivity index (χ1) is 7.50. The molecule has 1 nitrogen and oxygen atoms in total. The molecule has 1 aliphatic rings. The average molecular weight is 237 g/mol. The molecule has 1 aliphatic carbocycles. The van der Waals surface area contributed by atoms with Gasteiger partial charge in [0.25, 0.3) is 0 Å². The van der Waals surface area contributed by atoms with E-state index in [-0.39, 0.29) is 6.04 Å². The van der Waals surface area contributed by atoms with Gasteiger partial charge in [-0.2, -0.15) is 0 Å². The second kappa shape index (κ2) is 4.50. The molecular formula is C14H23NS. The Kier molecular flexibility index (Phi) is 3.41. The summed E-state index contributed by atoms with van der Waals surface area (Å²) < 4.78 is 0. The number of hydrogen-bond acceptors (Lipinski definition) is 2. The van der Waals surface area contributed by atoms with E-state index in [1.807, 2.05) is 11.3 Å². The first-order valence-electron chi connectivity index (χ1n) is 6.32. The molecule has 1 aromatic heterocycles. The predicted octanol–water partition coefficient (Wildman–Crippen LogP) is 4.27. The van der Waals surface area contributed by atoms with Gasteiger partial charge in [0.05, 0.1) is 0 Å². The molecule has 2 unspecified atom stereocenters. The molecule has 1 heterocycles. The van der Waals surface area contributed by atoms with E-state index in [1.165, 1.54) is 35.4 Å². The first kappa shape index (κ1) is 12.1. The normalized spacial score (nSPS) is 26.6. The molecule has 90 valence electrons. The fraction of sp³-hybridized carbons (Fsp3) is 0.714. The summed E-state index contributed by atoms with van der Waals surface area (Å²) in [5, 5.41) is 0. The van der Waals surface area contributed by atoms with Gasteiger partial charge in [0.1, 0.15) is 0 Å². The van der Waals surface area contributed by atoms with Gasteiger partial charge in [0.15, 0.2) is 0 Å². The Hall–Kier alpha value is -0.340. The average Bonchev–Trinajstić information content (AvgIpc) is 2.63. The Labute approximate surface area is 103 Å². The van der Waals surface area contributed by atoms with Crippen molar-refractivity contribution in [2.75, 3.05) is 0 Å². The van der Waals surface area contributed by atoms with Gasteiger partial charge in [-0.3, -0.25) is 0 Å². The van der Waals surface area contributed by atoms with E-state index in [0.29, 0.717) is 11.3 Å². The molecule has 2 atom stereocenters. The van der Waals surface area contributed by atoms with E-state index in [1.54, 1.807) is 0 Å². The lowest BCUT2D eigenvalue weighted by atomic mass is 9.66. The summed E-state index contributed by atoms with van der Waals surface area (Å²) in [5.41, 5.74) is 6.88. The Morgan fingerprint density at radius 1 is 1.38 bits per heavy atom. The van der Waals surface area contributed by atoms with Crippen LogP contribution in [-0.4, -0.2) is 0 Å². The quantitative estimate of drug-likeness (QED) is 0.816. The Balaban J connectivity index is 2.17. The monoisotopic (exact) mass is 237 g/mol. The van der Waals surface area contributed by atoms with Crippen LogP contribution in [0.4, 0.5) is 0 Å². The van der Waals surface area contributed by atoms with Gasteiger partial charge >= 0.3 is 0 Å². The number of aryl methyl sites for hydroxylation is 1. The Morgan fingerprint density at radius 2 is 2.12 bits per heavy atom. The minimum atomic E-state index is 0.244. The van der Waals surface area contributed by atoms with Crippen molar-refractivity contribution in [3.8, 4) is 0 Å². The molecule has 2 rings (SSSR count). The zero-order chi connectivity index (χ0) is 11.8. The van der Waals surface area contributed by atoms with Crippen LogP contribution in [0.15, 0.2) is 12.1 Å². The lowest BCUT2D eigenvalue weighted by molar-refractivity contribution is 0.114. The second-order valence-corrected chi connectivity index (χ2v) is 7.13. The maximum atomic E-state index is 6.47. The summed E-state index contributed by atoms with van der Waals surface area (Å²) in [5.74, 6) is 0.652. The highest BCUT2D eigenvalue weighted by Gasteiger charge is 2.36. The van der Waals surface area contributed by atoms with Crippen LogP contribution in [0.25, 0.3) is 0 Å². The third-order valence-corrected chi connectivity index (χ3v) is 5.22. The minimum Gasteiger partial charge on any atom is -0.323 e. The van der Waals surface area contributed by atoms with Crippen LogP contribution in [0.2, 0.25) is 0 Å². The summed E-state index contributed by atoms with van der Waals surface area (Å²) >= 11 is 1.87. The van der Waals surface area contributed by atoms with Gasteiger partial charge in [0.2, 0.25) is 0 Å². The maximum absolute atomic E-state index is 6.47. The summed E-state index contributed by atoms with van der Waals surface area (Å²) in [4.78, 5) is 2.75. The van der Waals surface area contributed by atoms with Gasteiger partial charge in [-0.1, -0.05) is 26.7 Å². The molecule has 0 amide bonds. The molecular weight excluding hydrogens is 214 g/mol. The van der Waals surface area contributed by atoms with Crippen molar-refractivity contribution in [1.82, 2.24) is 0 Å². The van der Waals surface area contributed by atoms with E-state index in [4.69, 9.17) is 5.73 Å². The third kappa shape index (κ3) is 2.33. The standard InChI is InChI=1S/C14H23NS/c1-10-7-8-12(16-10)13(15)11-6-4-5-9-14(11,2)3/h7-8,11,13H,4-6,9,15H2,1-3H3. The molecule has 1 aromatic rings. The van der Waals surface area contributed by atoms with Crippen LogP contribution < -0.4 is 5.73 Å². The van der Waals surface area contributed by atoms with E-state index in [2.05, 4.69) is 32.9 Å². The molecule has 1 saturated carbocycles. The fourth-order valence-electron chi connectivity index (χ4n) is 3.02. The van der Waals surface area contributed by atoms with Crippen molar-refractivity contribution in [2.24, 2.45) is 17.1 Å². The van der Waals surface area contributed by atoms with Crippen molar-refractivity contribution in [1.29, 1.82) is 0 Å². The van der Waals surface area contributed by atoms with Gasteiger partial charge in [-0.15, -0.1) is 11.3 Å². The largest absolute Gasteiger partial charge is 0.323 e. The van der Waals surface area contributed by atoms with Crippen molar-refractivity contribution in [2.45, 2.75) is 52.5 Å². The van der Waals surface area contributed by atoms with Crippen LogP contribution in [0.5, 0.6) is 0 Å². The van der Waals surface area contributed by atoms with E-state index >= 15 is 0 Å². The summed E-state index contributed by atoms with van der Waals surface area (Å²) in [6, 6.07) is 4.65. The molecule has 16 heavy (non-hydrogen) atoms. The molecule has 0 spiro atoms. The minimum absolute atomic E-state index is 0.244. The summed E-state index contributed by atoms with van der Waals surface area (Å²) in [6.07, 6.45) is 5.35. The van der Waals surface area contributed by atoms with Gasteiger partial charge < -0.3 is 5.73 Å². The van der Waals surface area contributed by atoms with Gasteiger partial charge in [-0.05, 0) is 43.2 Å². The maximum Gasteiger partial charge on any atom is 0.0423 e.